The molecule has 3 rings (SSSR count). The van der Waals surface area contributed by atoms with E-state index in [1.54, 1.807) is 30.3 Å². The molecule has 5 nitrogen and oxygen atoms in total. The zero-order valence-electron chi connectivity index (χ0n) is 11.2. The summed E-state index contributed by atoms with van der Waals surface area (Å²) in [5.74, 6) is -0.0944. The predicted octanol–water partition coefficient (Wildman–Crippen LogP) is 2.85. The molecular weight excluding hydrogens is 288 g/mol. The van der Waals surface area contributed by atoms with Gasteiger partial charge in [-0.1, -0.05) is 0 Å². The number of aromatic nitrogens is 1. The van der Waals surface area contributed by atoms with Gasteiger partial charge in [-0.25, -0.2) is 0 Å². The van der Waals surface area contributed by atoms with E-state index < -0.39 is 0 Å². The van der Waals surface area contributed by atoms with Crippen LogP contribution in [-0.4, -0.2) is 32.8 Å². The molecule has 21 heavy (non-hydrogen) atoms. The molecule has 0 atom stereocenters. The number of carbonyl (C=O) groups is 2. The molecule has 0 bridgehead atoms. The Bertz CT molecular complexity index is 747. The number of likely N-dealkylation sites (N-methyl/N-ethyl adjacent to an activating group) is 1. The van der Waals surface area contributed by atoms with Crippen molar-refractivity contribution in [3.05, 3.63) is 53.2 Å². The number of phenols is 1. The quantitative estimate of drug-likeness (QED) is 0.866. The van der Waals surface area contributed by atoms with E-state index in [-0.39, 0.29) is 16.9 Å². The lowest BCUT2D eigenvalue weighted by atomic mass is 10.3. The van der Waals surface area contributed by atoms with Crippen LogP contribution in [0.3, 0.4) is 0 Å². The topological polar surface area (TPSA) is 62.5 Å². The van der Waals surface area contributed by atoms with Crippen LogP contribution in [0.5, 0.6) is 5.75 Å². The number of imide groups is 1. The molecule has 2 aromatic rings. The van der Waals surface area contributed by atoms with Gasteiger partial charge >= 0.3 is 0 Å². The molecule has 0 radical (unpaired) electrons. The Labute approximate surface area is 125 Å². The fraction of sp³-hybridized carbons (Fsp3) is 0.0667. The van der Waals surface area contributed by atoms with Crippen molar-refractivity contribution in [2.45, 2.75) is 0 Å². The van der Waals surface area contributed by atoms with Crippen LogP contribution in [0, 0.1) is 0 Å². The number of benzene rings is 1. The third-order valence-corrected chi connectivity index (χ3v) is 4.13. The van der Waals surface area contributed by atoms with Gasteiger partial charge in [0.15, 0.2) is 0 Å². The minimum absolute atomic E-state index is 0.194. The number of amides is 2. The van der Waals surface area contributed by atoms with Gasteiger partial charge in [-0.15, -0.1) is 0 Å². The molecule has 1 aromatic heterocycles. The summed E-state index contributed by atoms with van der Waals surface area (Å²) in [6.07, 6.45) is 3.55. The van der Waals surface area contributed by atoms with Crippen LogP contribution in [-0.2, 0) is 4.79 Å². The van der Waals surface area contributed by atoms with E-state index in [4.69, 9.17) is 0 Å². The van der Waals surface area contributed by atoms with Crippen LogP contribution in [0.2, 0.25) is 0 Å². The van der Waals surface area contributed by atoms with Gasteiger partial charge in [-0.05, 0) is 54.2 Å². The summed E-state index contributed by atoms with van der Waals surface area (Å²) in [6, 6.07) is 10.5. The van der Waals surface area contributed by atoms with E-state index in [0.717, 1.165) is 28.0 Å². The number of nitrogens with zero attached hydrogens (tertiary/aromatic N) is 2. The van der Waals surface area contributed by atoms with Crippen LogP contribution in [0.4, 0.5) is 4.79 Å². The summed E-state index contributed by atoms with van der Waals surface area (Å²) in [4.78, 5) is 24.9. The van der Waals surface area contributed by atoms with Crippen LogP contribution < -0.4 is 0 Å². The molecule has 0 unspecified atom stereocenters. The van der Waals surface area contributed by atoms with Crippen molar-refractivity contribution in [1.82, 2.24) is 9.47 Å². The molecule has 2 amide bonds. The van der Waals surface area contributed by atoms with Gasteiger partial charge in [-0.3, -0.25) is 14.5 Å². The molecule has 0 saturated carbocycles. The van der Waals surface area contributed by atoms with Gasteiger partial charge < -0.3 is 9.67 Å². The van der Waals surface area contributed by atoms with Crippen molar-refractivity contribution in [2.24, 2.45) is 0 Å². The maximum Gasteiger partial charge on any atom is 0.293 e. The van der Waals surface area contributed by atoms with Crippen LogP contribution in [0.15, 0.2) is 47.5 Å². The lowest BCUT2D eigenvalue weighted by molar-refractivity contribution is -0.121. The molecule has 1 aromatic carbocycles. The van der Waals surface area contributed by atoms with E-state index in [1.807, 2.05) is 22.9 Å². The first-order valence-electron chi connectivity index (χ1n) is 6.24. The number of hydrogen-bond acceptors (Lipinski definition) is 4. The molecule has 1 aliphatic heterocycles. The molecule has 1 N–H and O–H groups in total. The Hall–Kier alpha value is -2.47. The summed E-state index contributed by atoms with van der Waals surface area (Å²) in [6.45, 7) is 0. The van der Waals surface area contributed by atoms with E-state index in [0.29, 0.717) is 4.91 Å². The van der Waals surface area contributed by atoms with Crippen LogP contribution >= 0.6 is 11.8 Å². The van der Waals surface area contributed by atoms with E-state index in [9.17, 15) is 14.7 Å². The molecule has 6 heteroatoms. The van der Waals surface area contributed by atoms with Crippen LogP contribution in [0.1, 0.15) is 5.69 Å². The largest absolute Gasteiger partial charge is 0.508 e. The maximum atomic E-state index is 11.9. The lowest BCUT2D eigenvalue weighted by Gasteiger charge is -2.07. The Morgan fingerprint density at radius 2 is 1.86 bits per heavy atom. The molecule has 0 aliphatic carbocycles. The zero-order chi connectivity index (χ0) is 15.0. The number of rotatable bonds is 2. The number of phenolic OH excluding ortho intramolecular Hbond substituents is 1. The zero-order valence-corrected chi connectivity index (χ0v) is 12.0. The molecule has 0 spiro atoms. The summed E-state index contributed by atoms with van der Waals surface area (Å²) < 4.78 is 1.88. The van der Waals surface area contributed by atoms with Gasteiger partial charge in [0.05, 0.1) is 4.91 Å². The third-order valence-electron chi connectivity index (χ3n) is 3.17. The second-order valence-corrected chi connectivity index (χ2v) is 5.55. The maximum absolute atomic E-state index is 11.9. The van der Waals surface area contributed by atoms with Gasteiger partial charge in [-0.2, -0.15) is 0 Å². The minimum atomic E-state index is -0.288. The number of thioether (sulfide) groups is 1. The van der Waals surface area contributed by atoms with Crippen molar-refractivity contribution >= 4 is 29.0 Å². The van der Waals surface area contributed by atoms with Crippen molar-refractivity contribution in [1.29, 1.82) is 0 Å². The van der Waals surface area contributed by atoms with E-state index in [2.05, 4.69) is 0 Å². The van der Waals surface area contributed by atoms with Crippen molar-refractivity contribution < 1.29 is 14.7 Å². The standard InChI is InChI=1S/C15H12N2O3S/c1-16-14(19)13(21-15(16)20)9-11-3-2-8-17(11)10-4-6-12(18)7-5-10/h2-9,18H,1H3/b13-9+. The average Bonchev–Trinajstić information content (AvgIpc) is 3.02. The highest BCUT2D eigenvalue weighted by Gasteiger charge is 2.31. The first-order chi connectivity index (χ1) is 10.1. The van der Waals surface area contributed by atoms with Gasteiger partial charge in [0.2, 0.25) is 0 Å². The Kier molecular flexibility index (Phi) is 3.31. The number of hydrogen-bond donors (Lipinski definition) is 1. The minimum Gasteiger partial charge on any atom is -0.508 e. The molecule has 1 fully saturated rings. The Morgan fingerprint density at radius 1 is 1.14 bits per heavy atom. The summed E-state index contributed by atoms with van der Waals surface area (Å²) in [5, 5.41) is 9.06. The summed E-state index contributed by atoms with van der Waals surface area (Å²) >= 11 is 0.932. The van der Waals surface area contributed by atoms with Crippen molar-refractivity contribution in [3.8, 4) is 11.4 Å². The highest BCUT2D eigenvalue weighted by Crippen LogP contribution is 2.31. The first kappa shape index (κ1) is 13.5. The summed E-state index contributed by atoms with van der Waals surface area (Å²) in [5.41, 5.74) is 1.65. The van der Waals surface area contributed by atoms with Crippen molar-refractivity contribution in [3.63, 3.8) is 0 Å². The number of aromatic hydroxyl groups is 1. The molecule has 1 saturated heterocycles. The molecule has 106 valence electrons. The molecular formula is C15H12N2O3S. The smallest absolute Gasteiger partial charge is 0.293 e. The first-order valence-corrected chi connectivity index (χ1v) is 7.06. The van der Waals surface area contributed by atoms with Gasteiger partial charge in [0, 0.05) is 24.6 Å². The highest BCUT2D eigenvalue weighted by molar-refractivity contribution is 8.18. The number of carbonyl (C=O) groups excluding carboxylic acids is 2. The highest BCUT2D eigenvalue weighted by atomic mass is 32.2. The third kappa shape index (κ3) is 2.45. The fourth-order valence-electron chi connectivity index (χ4n) is 2.04. The predicted molar refractivity (Wildman–Crippen MR) is 81.2 cm³/mol. The Balaban J connectivity index is 1.99. The van der Waals surface area contributed by atoms with E-state index >= 15 is 0 Å². The normalized spacial score (nSPS) is 17.0. The second kappa shape index (κ2) is 5.14. The second-order valence-electron chi connectivity index (χ2n) is 4.56. The Morgan fingerprint density at radius 3 is 2.48 bits per heavy atom. The van der Waals surface area contributed by atoms with E-state index in [1.165, 1.54) is 7.05 Å². The lowest BCUT2D eigenvalue weighted by Crippen LogP contribution is -2.22. The average molecular weight is 300 g/mol. The molecule has 1 aliphatic rings. The molecule has 2 heterocycles. The summed E-state index contributed by atoms with van der Waals surface area (Å²) in [7, 11) is 1.47. The fourth-order valence-corrected chi connectivity index (χ4v) is 2.85. The monoisotopic (exact) mass is 300 g/mol. The SMILES string of the molecule is CN1C(=O)S/C(=C/c2cccn2-c2ccc(O)cc2)C1=O. The van der Waals surface area contributed by atoms with Gasteiger partial charge in [0.25, 0.3) is 11.1 Å². The van der Waals surface area contributed by atoms with Gasteiger partial charge in [0.1, 0.15) is 5.75 Å². The van der Waals surface area contributed by atoms with Crippen molar-refractivity contribution in [2.75, 3.05) is 7.05 Å². The van der Waals surface area contributed by atoms with Crippen LogP contribution in [0.25, 0.3) is 11.8 Å².